The molecule has 0 saturated heterocycles. The van der Waals surface area contributed by atoms with Crippen molar-refractivity contribution in [3.8, 4) is 5.75 Å². The van der Waals surface area contributed by atoms with E-state index in [-0.39, 0.29) is 24.0 Å². The standard InChI is InChI=1S/C15H22N2O5/c1-2-21-11-6-10-16-15(18)9-5-12-22-14-8-4-3-7-13(14)17(19)20/h3-4,7-8H,2,5-6,9-12H2,1H3,(H,16,18). The summed E-state index contributed by atoms with van der Waals surface area (Å²) in [7, 11) is 0. The summed E-state index contributed by atoms with van der Waals surface area (Å²) in [6, 6.07) is 6.19. The summed E-state index contributed by atoms with van der Waals surface area (Å²) in [4.78, 5) is 21.9. The molecule has 1 amide bonds. The first-order valence-corrected chi connectivity index (χ1v) is 7.35. The summed E-state index contributed by atoms with van der Waals surface area (Å²) in [5.74, 6) is 0.173. The molecule has 0 spiro atoms. The van der Waals surface area contributed by atoms with Gasteiger partial charge in [-0.15, -0.1) is 0 Å². The second kappa shape index (κ2) is 10.6. The third-order valence-corrected chi connectivity index (χ3v) is 2.86. The Hall–Kier alpha value is -2.15. The number of ether oxygens (including phenoxy) is 2. The van der Waals surface area contributed by atoms with Crippen molar-refractivity contribution in [2.75, 3.05) is 26.4 Å². The minimum absolute atomic E-state index is 0.0531. The van der Waals surface area contributed by atoms with Crippen LogP contribution in [0.25, 0.3) is 0 Å². The normalized spacial score (nSPS) is 10.2. The van der Waals surface area contributed by atoms with Crippen LogP contribution in [0.1, 0.15) is 26.2 Å². The molecule has 0 bridgehead atoms. The molecule has 0 heterocycles. The molecule has 1 aromatic carbocycles. The van der Waals surface area contributed by atoms with Gasteiger partial charge in [0.15, 0.2) is 5.75 Å². The number of carbonyl (C=O) groups is 1. The maximum atomic E-state index is 11.5. The molecule has 0 saturated carbocycles. The fourth-order valence-electron chi connectivity index (χ4n) is 1.78. The van der Waals surface area contributed by atoms with Gasteiger partial charge in [-0.1, -0.05) is 12.1 Å². The highest BCUT2D eigenvalue weighted by Gasteiger charge is 2.13. The van der Waals surface area contributed by atoms with Gasteiger partial charge in [0.05, 0.1) is 11.5 Å². The summed E-state index contributed by atoms with van der Waals surface area (Å²) in [6.45, 7) is 4.09. The molecule has 7 nitrogen and oxygen atoms in total. The van der Waals surface area contributed by atoms with E-state index < -0.39 is 4.92 Å². The van der Waals surface area contributed by atoms with Crippen molar-refractivity contribution in [1.29, 1.82) is 0 Å². The van der Waals surface area contributed by atoms with Crippen LogP contribution in [-0.2, 0) is 9.53 Å². The molecule has 0 aliphatic heterocycles. The number of hydrogen-bond donors (Lipinski definition) is 1. The molecule has 22 heavy (non-hydrogen) atoms. The molecule has 0 atom stereocenters. The number of para-hydroxylation sites is 2. The molecule has 0 radical (unpaired) electrons. The molecular formula is C15H22N2O5. The van der Waals surface area contributed by atoms with Crippen LogP contribution >= 0.6 is 0 Å². The van der Waals surface area contributed by atoms with E-state index >= 15 is 0 Å². The van der Waals surface area contributed by atoms with Crippen LogP contribution in [-0.4, -0.2) is 37.2 Å². The van der Waals surface area contributed by atoms with E-state index in [1.165, 1.54) is 6.07 Å². The molecule has 0 fully saturated rings. The quantitative estimate of drug-likeness (QED) is 0.385. The first kappa shape index (κ1) is 17.9. The summed E-state index contributed by atoms with van der Waals surface area (Å²) < 4.78 is 10.5. The highest BCUT2D eigenvalue weighted by atomic mass is 16.6. The van der Waals surface area contributed by atoms with E-state index in [4.69, 9.17) is 9.47 Å². The van der Waals surface area contributed by atoms with Gasteiger partial charge in [0.1, 0.15) is 0 Å². The zero-order chi connectivity index (χ0) is 16.2. The van der Waals surface area contributed by atoms with Crippen molar-refractivity contribution in [2.45, 2.75) is 26.2 Å². The van der Waals surface area contributed by atoms with E-state index in [0.717, 1.165) is 6.42 Å². The predicted molar refractivity (Wildman–Crippen MR) is 81.9 cm³/mol. The highest BCUT2D eigenvalue weighted by Crippen LogP contribution is 2.25. The van der Waals surface area contributed by atoms with Crippen LogP contribution < -0.4 is 10.1 Å². The molecule has 0 aliphatic rings. The van der Waals surface area contributed by atoms with Gasteiger partial charge in [-0.25, -0.2) is 0 Å². The summed E-state index contributed by atoms with van der Waals surface area (Å²) in [5, 5.41) is 13.6. The Bertz CT molecular complexity index is 479. The number of nitrogens with zero attached hydrogens (tertiary/aromatic N) is 1. The third-order valence-electron chi connectivity index (χ3n) is 2.86. The third kappa shape index (κ3) is 7.03. The van der Waals surface area contributed by atoms with E-state index in [9.17, 15) is 14.9 Å². The van der Waals surface area contributed by atoms with E-state index in [0.29, 0.717) is 32.6 Å². The topological polar surface area (TPSA) is 90.7 Å². The van der Waals surface area contributed by atoms with E-state index in [1.807, 2.05) is 6.92 Å². The number of nitrogens with one attached hydrogen (secondary N) is 1. The SMILES string of the molecule is CCOCCCNC(=O)CCCOc1ccccc1[N+](=O)[O-]. The average Bonchev–Trinajstić information content (AvgIpc) is 2.51. The summed E-state index contributed by atoms with van der Waals surface area (Å²) in [5.41, 5.74) is -0.0668. The Balaban J connectivity index is 2.17. The lowest BCUT2D eigenvalue weighted by Gasteiger charge is -2.07. The fourth-order valence-corrected chi connectivity index (χ4v) is 1.78. The highest BCUT2D eigenvalue weighted by molar-refractivity contribution is 5.75. The summed E-state index contributed by atoms with van der Waals surface area (Å²) >= 11 is 0. The lowest BCUT2D eigenvalue weighted by atomic mass is 10.3. The second-order valence-electron chi connectivity index (χ2n) is 4.58. The predicted octanol–water partition coefficient (Wildman–Crippen LogP) is 2.30. The monoisotopic (exact) mass is 310 g/mol. The van der Waals surface area contributed by atoms with Crippen molar-refractivity contribution < 1.29 is 19.2 Å². The van der Waals surface area contributed by atoms with Crippen molar-refractivity contribution in [2.24, 2.45) is 0 Å². The van der Waals surface area contributed by atoms with Crippen molar-refractivity contribution in [3.63, 3.8) is 0 Å². The van der Waals surface area contributed by atoms with Crippen LogP contribution in [0.4, 0.5) is 5.69 Å². The Morgan fingerprint density at radius 2 is 2.05 bits per heavy atom. The molecule has 1 rings (SSSR count). The lowest BCUT2D eigenvalue weighted by molar-refractivity contribution is -0.385. The van der Waals surface area contributed by atoms with Crippen molar-refractivity contribution in [1.82, 2.24) is 5.32 Å². The van der Waals surface area contributed by atoms with Crippen molar-refractivity contribution >= 4 is 11.6 Å². The van der Waals surface area contributed by atoms with Gasteiger partial charge in [-0.3, -0.25) is 14.9 Å². The number of nitro benzene ring substituents is 1. The van der Waals surface area contributed by atoms with Gasteiger partial charge < -0.3 is 14.8 Å². The number of nitro groups is 1. The summed E-state index contributed by atoms with van der Waals surface area (Å²) in [6.07, 6.45) is 1.62. The molecule has 122 valence electrons. The number of amides is 1. The Kier molecular flexibility index (Phi) is 8.59. The number of benzene rings is 1. The Morgan fingerprint density at radius 3 is 2.77 bits per heavy atom. The van der Waals surface area contributed by atoms with Gasteiger partial charge in [0.2, 0.25) is 5.91 Å². The van der Waals surface area contributed by atoms with E-state index in [1.54, 1.807) is 18.2 Å². The van der Waals surface area contributed by atoms with Gasteiger partial charge >= 0.3 is 5.69 Å². The Morgan fingerprint density at radius 1 is 1.27 bits per heavy atom. The van der Waals surface area contributed by atoms with Gasteiger partial charge in [-0.2, -0.15) is 0 Å². The number of carbonyl (C=O) groups excluding carboxylic acids is 1. The first-order chi connectivity index (χ1) is 10.6. The smallest absolute Gasteiger partial charge is 0.310 e. The zero-order valence-electron chi connectivity index (χ0n) is 12.7. The molecule has 0 aromatic heterocycles. The molecule has 1 aromatic rings. The van der Waals surface area contributed by atoms with Crippen LogP contribution in [0.5, 0.6) is 5.75 Å². The molecular weight excluding hydrogens is 288 g/mol. The minimum Gasteiger partial charge on any atom is -0.487 e. The second-order valence-corrected chi connectivity index (χ2v) is 4.58. The Labute approximate surface area is 129 Å². The zero-order valence-corrected chi connectivity index (χ0v) is 12.7. The van der Waals surface area contributed by atoms with Gasteiger partial charge in [0.25, 0.3) is 0 Å². The van der Waals surface area contributed by atoms with Crippen LogP contribution in [0.15, 0.2) is 24.3 Å². The molecule has 0 unspecified atom stereocenters. The van der Waals surface area contributed by atoms with Crippen LogP contribution in [0, 0.1) is 10.1 Å². The lowest BCUT2D eigenvalue weighted by Crippen LogP contribution is -2.25. The molecule has 1 N–H and O–H groups in total. The maximum Gasteiger partial charge on any atom is 0.310 e. The van der Waals surface area contributed by atoms with Gasteiger partial charge in [-0.05, 0) is 25.8 Å². The van der Waals surface area contributed by atoms with Crippen LogP contribution in [0.3, 0.4) is 0 Å². The fraction of sp³-hybridized carbons (Fsp3) is 0.533. The van der Waals surface area contributed by atoms with Crippen molar-refractivity contribution in [3.05, 3.63) is 34.4 Å². The maximum absolute atomic E-state index is 11.5. The van der Waals surface area contributed by atoms with E-state index in [2.05, 4.69) is 5.32 Å². The first-order valence-electron chi connectivity index (χ1n) is 7.35. The van der Waals surface area contributed by atoms with Gasteiger partial charge in [0, 0.05) is 32.2 Å². The minimum atomic E-state index is -0.486. The van der Waals surface area contributed by atoms with Crippen LogP contribution in [0.2, 0.25) is 0 Å². The largest absolute Gasteiger partial charge is 0.487 e. The number of hydrogen-bond acceptors (Lipinski definition) is 5. The molecule has 7 heteroatoms. The average molecular weight is 310 g/mol. The molecule has 0 aliphatic carbocycles. The number of rotatable bonds is 11.